The first-order valence-electron chi connectivity index (χ1n) is 11.3. The van der Waals surface area contributed by atoms with Crippen molar-refractivity contribution in [2.45, 2.75) is 31.7 Å². The number of halogens is 2. The zero-order valence-electron chi connectivity index (χ0n) is 19.4. The van der Waals surface area contributed by atoms with Gasteiger partial charge in [0.25, 0.3) is 23.8 Å². The predicted octanol–water partition coefficient (Wildman–Crippen LogP) is 2.46. The summed E-state index contributed by atoms with van der Waals surface area (Å²) in [5.74, 6) is -2.09. The van der Waals surface area contributed by atoms with Gasteiger partial charge in [0.15, 0.2) is 17.3 Å². The summed E-state index contributed by atoms with van der Waals surface area (Å²) in [6.45, 7) is -0.775. The van der Waals surface area contributed by atoms with Crippen LogP contribution in [-0.4, -0.2) is 54.1 Å². The third kappa shape index (κ3) is 4.41. The molecule has 0 saturated heterocycles. The second-order valence-corrected chi connectivity index (χ2v) is 8.56. The Labute approximate surface area is 206 Å². The minimum atomic E-state index is -2.68. The van der Waals surface area contributed by atoms with Crippen LogP contribution in [0.15, 0.2) is 40.0 Å². The highest BCUT2D eigenvalue weighted by Crippen LogP contribution is 2.38. The molecule has 1 fully saturated rings. The number of hydrogen-bond donors (Lipinski definition) is 3. The number of amides is 2. The quantitative estimate of drug-likeness (QED) is 0.340. The monoisotopic (exact) mass is 513 g/mol. The molecule has 1 aliphatic carbocycles. The summed E-state index contributed by atoms with van der Waals surface area (Å²) >= 11 is 0. The van der Waals surface area contributed by atoms with Gasteiger partial charge in [0.2, 0.25) is 5.75 Å². The zero-order chi connectivity index (χ0) is 26.3. The average Bonchev–Trinajstić information content (AvgIpc) is 3.48. The molecule has 0 radical (unpaired) electrons. The summed E-state index contributed by atoms with van der Waals surface area (Å²) in [4.78, 5) is 47.0. The van der Waals surface area contributed by atoms with Crippen molar-refractivity contribution in [1.82, 2.24) is 29.6 Å². The fourth-order valence-corrected chi connectivity index (χ4v) is 4.08. The molecule has 192 valence electrons. The highest BCUT2D eigenvalue weighted by molar-refractivity contribution is 6.04. The van der Waals surface area contributed by atoms with E-state index in [4.69, 9.17) is 0 Å². The van der Waals surface area contributed by atoms with E-state index in [1.54, 1.807) is 12.1 Å². The molecule has 0 aliphatic heterocycles. The number of aromatic hydroxyl groups is 1. The van der Waals surface area contributed by atoms with E-state index in [-0.39, 0.29) is 28.9 Å². The Morgan fingerprint density at radius 3 is 2.65 bits per heavy atom. The fraction of sp³-hybridized carbons (Fsp3) is 0.304. The van der Waals surface area contributed by atoms with E-state index in [1.165, 1.54) is 25.6 Å². The van der Waals surface area contributed by atoms with E-state index < -0.39 is 41.8 Å². The van der Waals surface area contributed by atoms with E-state index in [0.717, 1.165) is 23.8 Å². The first kappa shape index (κ1) is 24.1. The van der Waals surface area contributed by atoms with Gasteiger partial charge in [0, 0.05) is 18.7 Å². The first-order chi connectivity index (χ1) is 17.7. The molecule has 0 atom stereocenters. The number of aromatic nitrogens is 5. The third-order valence-electron chi connectivity index (χ3n) is 6.18. The predicted molar refractivity (Wildman–Crippen MR) is 126 cm³/mol. The van der Waals surface area contributed by atoms with Crippen molar-refractivity contribution in [1.29, 1.82) is 0 Å². The molecule has 0 unspecified atom stereocenters. The Kier molecular flexibility index (Phi) is 6.15. The Morgan fingerprint density at radius 2 is 2.00 bits per heavy atom. The van der Waals surface area contributed by atoms with Crippen molar-refractivity contribution >= 4 is 28.5 Å². The van der Waals surface area contributed by atoms with Crippen LogP contribution in [0.1, 0.15) is 46.2 Å². The maximum Gasteiger partial charge on any atom is 0.296 e. The number of carbonyl (C=O) groups excluding carboxylic acids is 2. The molecule has 4 aromatic rings. The minimum Gasteiger partial charge on any atom is -0.501 e. The summed E-state index contributed by atoms with van der Waals surface area (Å²) in [6, 6.07) is 4.55. The van der Waals surface area contributed by atoms with Gasteiger partial charge in [-0.25, -0.2) is 18.7 Å². The van der Waals surface area contributed by atoms with Crippen LogP contribution in [-0.2, 0) is 7.05 Å². The number of nitrogens with zero attached hydrogens (tertiary/aromatic N) is 5. The summed E-state index contributed by atoms with van der Waals surface area (Å²) in [5, 5.41) is 18.5. The Hall–Kier alpha value is -4.62. The highest BCUT2D eigenvalue weighted by Gasteiger charge is 2.29. The molecule has 5 rings (SSSR count). The van der Waals surface area contributed by atoms with Crippen LogP contribution in [0.25, 0.3) is 22.7 Å². The number of alkyl halides is 2. The molecule has 12 nitrogen and oxygen atoms in total. The van der Waals surface area contributed by atoms with Crippen LogP contribution < -0.4 is 16.2 Å². The Balaban J connectivity index is 1.63. The topological polar surface area (TPSA) is 157 Å². The molecule has 3 heterocycles. The van der Waals surface area contributed by atoms with Crippen molar-refractivity contribution in [3.8, 4) is 17.4 Å². The number of nitrogens with one attached hydrogen (secondary N) is 2. The number of benzene rings is 1. The minimum absolute atomic E-state index is 0.0186. The van der Waals surface area contributed by atoms with Gasteiger partial charge in [-0.2, -0.15) is 0 Å². The lowest BCUT2D eigenvalue weighted by Gasteiger charge is -2.29. The number of carbonyl (C=O) groups is 2. The number of anilines is 1. The summed E-state index contributed by atoms with van der Waals surface area (Å²) in [6.07, 6.45) is 2.27. The molecule has 3 aromatic heterocycles. The lowest BCUT2D eigenvalue weighted by Crippen LogP contribution is -2.28. The number of imidazole rings is 1. The van der Waals surface area contributed by atoms with E-state index in [0.29, 0.717) is 11.0 Å². The van der Waals surface area contributed by atoms with Gasteiger partial charge in [-0.05, 0) is 37.5 Å². The normalized spacial score (nSPS) is 13.6. The molecule has 0 spiro atoms. The second kappa shape index (κ2) is 9.44. The summed E-state index contributed by atoms with van der Waals surface area (Å²) < 4.78 is 32.7. The molecule has 0 bridgehead atoms. The molecule has 1 saturated carbocycles. The van der Waals surface area contributed by atoms with E-state index >= 15 is 0 Å². The van der Waals surface area contributed by atoms with Crippen molar-refractivity contribution in [3.63, 3.8) is 0 Å². The number of rotatable bonds is 7. The average molecular weight is 513 g/mol. The largest absolute Gasteiger partial charge is 0.501 e. The molecule has 37 heavy (non-hydrogen) atoms. The number of fused-ring (bicyclic) bond motifs is 1. The van der Waals surface area contributed by atoms with Crippen LogP contribution in [0.2, 0.25) is 0 Å². The lowest BCUT2D eigenvalue weighted by atomic mass is 9.92. The molecule has 14 heteroatoms. The highest BCUT2D eigenvalue weighted by atomic mass is 19.3. The van der Waals surface area contributed by atoms with Crippen LogP contribution in [0.3, 0.4) is 0 Å². The van der Waals surface area contributed by atoms with Gasteiger partial charge in [0.05, 0.1) is 23.8 Å². The molecular formula is C23H21F2N7O5. The van der Waals surface area contributed by atoms with E-state index in [9.17, 15) is 28.3 Å². The maximum absolute atomic E-state index is 12.9. The standard InChI is InChI=1S/C23H21F2N7O5/c1-31-19(30-17(18(33)23(31)36)22(35)28-12-8-27-37-10-12)20-29-14-6-5-11(21(34)26-9-16(24)25)7-15(14)32(20)13-3-2-4-13/h5-8,10,13,16,33H,2-4,9H2,1H3,(H,26,34)(H,28,35). The Bertz CT molecular complexity index is 1560. The van der Waals surface area contributed by atoms with E-state index in [2.05, 4.69) is 30.3 Å². The van der Waals surface area contributed by atoms with Crippen LogP contribution in [0.4, 0.5) is 14.5 Å². The molecular weight excluding hydrogens is 492 g/mol. The number of hydrogen-bond acceptors (Lipinski definition) is 8. The first-order valence-corrected chi connectivity index (χ1v) is 11.3. The van der Waals surface area contributed by atoms with Gasteiger partial charge in [-0.15, -0.1) is 0 Å². The van der Waals surface area contributed by atoms with Crippen molar-refractivity contribution in [2.75, 3.05) is 11.9 Å². The van der Waals surface area contributed by atoms with Crippen LogP contribution in [0, 0.1) is 0 Å². The van der Waals surface area contributed by atoms with Gasteiger partial charge in [-0.1, -0.05) is 5.16 Å². The third-order valence-corrected chi connectivity index (χ3v) is 6.18. The van der Waals surface area contributed by atoms with Crippen molar-refractivity contribution < 1.29 is 28.0 Å². The van der Waals surface area contributed by atoms with E-state index in [1.807, 2.05) is 4.57 Å². The van der Waals surface area contributed by atoms with Crippen molar-refractivity contribution in [3.05, 3.63) is 52.3 Å². The molecule has 3 N–H and O–H groups in total. The Morgan fingerprint density at radius 1 is 1.22 bits per heavy atom. The second-order valence-electron chi connectivity index (χ2n) is 8.56. The zero-order valence-corrected chi connectivity index (χ0v) is 19.4. The van der Waals surface area contributed by atoms with Gasteiger partial charge in [-0.3, -0.25) is 19.0 Å². The smallest absolute Gasteiger partial charge is 0.296 e. The molecule has 2 amide bonds. The summed E-state index contributed by atoms with van der Waals surface area (Å²) in [5.41, 5.74) is 0.0138. The van der Waals surface area contributed by atoms with Gasteiger partial charge in [0.1, 0.15) is 12.0 Å². The maximum atomic E-state index is 12.9. The van der Waals surface area contributed by atoms with Crippen LogP contribution in [0.5, 0.6) is 5.75 Å². The lowest BCUT2D eigenvalue weighted by molar-refractivity contribution is 0.0891. The summed E-state index contributed by atoms with van der Waals surface area (Å²) in [7, 11) is 1.39. The van der Waals surface area contributed by atoms with Crippen molar-refractivity contribution in [2.24, 2.45) is 7.05 Å². The van der Waals surface area contributed by atoms with Gasteiger partial charge < -0.3 is 24.8 Å². The SMILES string of the molecule is Cn1c(-c2nc3ccc(C(=O)NCC(F)F)cc3n2C2CCC2)nc(C(=O)Nc2cnoc2)c(O)c1=O. The van der Waals surface area contributed by atoms with Crippen LogP contribution >= 0.6 is 0 Å². The van der Waals surface area contributed by atoms with Gasteiger partial charge >= 0.3 is 0 Å². The fourth-order valence-electron chi connectivity index (χ4n) is 4.08. The molecule has 1 aromatic carbocycles. The molecule has 1 aliphatic rings.